The van der Waals surface area contributed by atoms with E-state index in [1.807, 2.05) is 18.3 Å². The molecule has 170 valence electrons. The number of nitrogens with one attached hydrogen (secondary N) is 1. The van der Waals surface area contributed by atoms with Gasteiger partial charge in [-0.05, 0) is 57.1 Å². The average Bonchev–Trinajstić information content (AvgIpc) is 3.24. The van der Waals surface area contributed by atoms with Gasteiger partial charge in [-0.3, -0.25) is 14.8 Å². The van der Waals surface area contributed by atoms with Crippen molar-refractivity contribution in [3.63, 3.8) is 0 Å². The van der Waals surface area contributed by atoms with Crippen LogP contribution in [-0.4, -0.2) is 85.2 Å². The van der Waals surface area contributed by atoms with E-state index in [4.69, 9.17) is 4.99 Å². The molecule has 1 aromatic heterocycles. The zero-order valence-electron chi connectivity index (χ0n) is 18.0. The normalized spacial score (nSPS) is 21.8. The van der Waals surface area contributed by atoms with Crippen LogP contribution in [-0.2, 0) is 6.54 Å². The van der Waals surface area contributed by atoms with Crippen molar-refractivity contribution in [2.24, 2.45) is 10.9 Å². The van der Waals surface area contributed by atoms with Crippen LogP contribution in [0.5, 0.6) is 0 Å². The average molecular weight is 446 g/mol. The minimum Gasteiger partial charge on any atom is -0.357 e. The molecule has 0 aromatic carbocycles. The molecule has 0 spiro atoms. The Labute approximate surface area is 181 Å². The lowest BCUT2D eigenvalue weighted by Gasteiger charge is -2.40. The van der Waals surface area contributed by atoms with Crippen molar-refractivity contribution in [1.29, 1.82) is 0 Å². The van der Waals surface area contributed by atoms with Gasteiger partial charge in [0.25, 0.3) is 0 Å². The van der Waals surface area contributed by atoms with Crippen LogP contribution in [0.2, 0.25) is 0 Å². The zero-order valence-corrected chi connectivity index (χ0v) is 18.8. The lowest BCUT2D eigenvalue weighted by molar-refractivity contribution is -0.181. The van der Waals surface area contributed by atoms with Gasteiger partial charge in [0, 0.05) is 50.7 Å². The minimum atomic E-state index is -4.17. The summed E-state index contributed by atoms with van der Waals surface area (Å²) in [6, 6.07) is 2.91. The van der Waals surface area contributed by atoms with Crippen LogP contribution in [0.15, 0.2) is 22.5 Å². The third kappa shape index (κ3) is 6.59. The number of rotatable bonds is 6. The van der Waals surface area contributed by atoms with Crippen LogP contribution in [0.25, 0.3) is 0 Å². The maximum Gasteiger partial charge on any atom is 0.403 e. The van der Waals surface area contributed by atoms with E-state index in [2.05, 4.69) is 32.6 Å². The van der Waals surface area contributed by atoms with Crippen LogP contribution in [0.1, 0.15) is 31.6 Å². The first kappa shape index (κ1) is 23.3. The summed E-state index contributed by atoms with van der Waals surface area (Å²) in [6.45, 7) is 10.0. The van der Waals surface area contributed by atoms with Crippen molar-refractivity contribution in [2.75, 3.05) is 52.4 Å². The molecule has 30 heavy (non-hydrogen) atoms. The van der Waals surface area contributed by atoms with Gasteiger partial charge in [-0.15, -0.1) is 11.3 Å². The number of aliphatic imine (C=N–C) groups is 1. The molecule has 2 aliphatic rings. The third-order valence-electron chi connectivity index (χ3n) is 6.14. The number of piperazine rings is 1. The van der Waals surface area contributed by atoms with E-state index in [1.54, 1.807) is 0 Å². The molecule has 0 bridgehead atoms. The highest BCUT2D eigenvalue weighted by atomic mass is 32.1. The van der Waals surface area contributed by atoms with Crippen LogP contribution in [0, 0.1) is 5.92 Å². The molecule has 3 rings (SSSR count). The van der Waals surface area contributed by atoms with Crippen LogP contribution in [0.4, 0.5) is 13.2 Å². The SMILES string of the molecule is CCNC(=NCC1CCN(Cc2cccs2)CC1)N1CCN(C(C)C(F)(F)F)CC1. The Balaban J connectivity index is 1.46. The maximum atomic E-state index is 13.0. The molecule has 3 heterocycles. The van der Waals surface area contributed by atoms with E-state index in [0.29, 0.717) is 32.1 Å². The van der Waals surface area contributed by atoms with Crippen molar-refractivity contribution in [1.82, 2.24) is 20.0 Å². The first-order chi connectivity index (χ1) is 14.4. The largest absolute Gasteiger partial charge is 0.403 e. The van der Waals surface area contributed by atoms with Gasteiger partial charge in [0.15, 0.2) is 5.96 Å². The number of guanidine groups is 1. The Morgan fingerprint density at radius 2 is 1.90 bits per heavy atom. The summed E-state index contributed by atoms with van der Waals surface area (Å²) in [5.41, 5.74) is 0. The summed E-state index contributed by atoms with van der Waals surface area (Å²) >= 11 is 1.81. The smallest absolute Gasteiger partial charge is 0.357 e. The number of nitrogens with zero attached hydrogens (tertiary/aromatic N) is 4. The fraction of sp³-hybridized carbons (Fsp3) is 0.762. The number of piperidine rings is 1. The molecule has 2 fully saturated rings. The number of halogens is 3. The highest BCUT2D eigenvalue weighted by Crippen LogP contribution is 2.25. The highest BCUT2D eigenvalue weighted by molar-refractivity contribution is 7.09. The van der Waals surface area contributed by atoms with Gasteiger partial charge in [-0.25, -0.2) is 0 Å². The number of hydrogen-bond donors (Lipinski definition) is 1. The lowest BCUT2D eigenvalue weighted by Crippen LogP contribution is -2.56. The van der Waals surface area contributed by atoms with Crippen molar-refractivity contribution >= 4 is 17.3 Å². The summed E-state index contributed by atoms with van der Waals surface area (Å²) in [6.07, 6.45) is -1.88. The summed E-state index contributed by atoms with van der Waals surface area (Å²) in [4.78, 5) is 12.4. The van der Waals surface area contributed by atoms with Crippen molar-refractivity contribution < 1.29 is 13.2 Å². The van der Waals surface area contributed by atoms with E-state index in [9.17, 15) is 13.2 Å². The fourth-order valence-corrected chi connectivity index (χ4v) is 4.87. The molecule has 1 aromatic rings. The van der Waals surface area contributed by atoms with Gasteiger partial charge >= 0.3 is 6.18 Å². The molecule has 1 unspecified atom stereocenters. The van der Waals surface area contributed by atoms with E-state index in [1.165, 1.54) is 16.7 Å². The lowest BCUT2D eigenvalue weighted by atomic mass is 9.97. The molecule has 0 amide bonds. The van der Waals surface area contributed by atoms with E-state index < -0.39 is 12.2 Å². The van der Waals surface area contributed by atoms with E-state index in [-0.39, 0.29) is 0 Å². The first-order valence-electron chi connectivity index (χ1n) is 11.0. The first-order valence-corrected chi connectivity index (χ1v) is 11.8. The maximum absolute atomic E-state index is 13.0. The Morgan fingerprint density at radius 3 is 2.47 bits per heavy atom. The standard InChI is InChI=1S/C21H34F3N5S/c1-3-25-20(29-12-10-28(11-13-29)17(2)21(22,23)24)26-15-18-6-8-27(9-7-18)16-19-5-4-14-30-19/h4-5,14,17-18H,3,6-13,15-16H2,1-2H3,(H,25,26). The zero-order chi connectivity index (χ0) is 21.6. The second kappa shape index (κ2) is 10.8. The second-order valence-electron chi connectivity index (χ2n) is 8.23. The quantitative estimate of drug-likeness (QED) is 0.537. The summed E-state index contributed by atoms with van der Waals surface area (Å²) in [5, 5.41) is 5.46. The molecule has 0 saturated carbocycles. The van der Waals surface area contributed by atoms with Gasteiger partial charge in [-0.2, -0.15) is 13.2 Å². The Kier molecular flexibility index (Phi) is 8.42. The summed E-state index contributed by atoms with van der Waals surface area (Å²) < 4.78 is 38.9. The number of hydrogen-bond acceptors (Lipinski definition) is 4. The summed E-state index contributed by atoms with van der Waals surface area (Å²) in [5.74, 6) is 1.42. The van der Waals surface area contributed by atoms with Crippen molar-refractivity contribution in [3.8, 4) is 0 Å². The molecule has 0 radical (unpaired) electrons. The number of alkyl halides is 3. The van der Waals surface area contributed by atoms with Gasteiger partial charge in [0.2, 0.25) is 0 Å². The van der Waals surface area contributed by atoms with Gasteiger partial charge in [-0.1, -0.05) is 6.07 Å². The minimum absolute atomic E-state index is 0.409. The monoisotopic (exact) mass is 445 g/mol. The van der Waals surface area contributed by atoms with E-state index >= 15 is 0 Å². The van der Waals surface area contributed by atoms with Crippen LogP contribution >= 0.6 is 11.3 Å². The Bertz CT molecular complexity index is 648. The Hall–Kier alpha value is -1.32. The molecular weight excluding hydrogens is 411 g/mol. The predicted molar refractivity (Wildman–Crippen MR) is 117 cm³/mol. The summed E-state index contributed by atoms with van der Waals surface area (Å²) in [7, 11) is 0. The van der Waals surface area contributed by atoms with E-state index in [0.717, 1.165) is 51.5 Å². The molecule has 2 aliphatic heterocycles. The highest BCUT2D eigenvalue weighted by Gasteiger charge is 2.41. The Morgan fingerprint density at radius 1 is 1.20 bits per heavy atom. The van der Waals surface area contributed by atoms with Gasteiger partial charge in [0.1, 0.15) is 6.04 Å². The second-order valence-corrected chi connectivity index (χ2v) is 9.27. The molecule has 9 heteroatoms. The van der Waals surface area contributed by atoms with Crippen LogP contribution in [0.3, 0.4) is 0 Å². The fourth-order valence-electron chi connectivity index (χ4n) is 4.12. The molecular formula is C21H34F3N5S. The van der Waals surface area contributed by atoms with Crippen molar-refractivity contribution in [2.45, 2.75) is 45.5 Å². The topological polar surface area (TPSA) is 34.1 Å². The number of thiophene rings is 1. The molecule has 1 N–H and O–H groups in total. The predicted octanol–water partition coefficient (Wildman–Crippen LogP) is 3.49. The molecule has 2 saturated heterocycles. The van der Waals surface area contributed by atoms with Gasteiger partial charge in [0.05, 0.1) is 0 Å². The van der Waals surface area contributed by atoms with Gasteiger partial charge < -0.3 is 10.2 Å². The molecule has 5 nitrogen and oxygen atoms in total. The van der Waals surface area contributed by atoms with Crippen molar-refractivity contribution in [3.05, 3.63) is 22.4 Å². The third-order valence-corrected chi connectivity index (χ3v) is 7.00. The van der Waals surface area contributed by atoms with Crippen LogP contribution < -0.4 is 5.32 Å². The molecule has 0 aliphatic carbocycles. The number of likely N-dealkylation sites (tertiary alicyclic amines) is 1. The molecule has 1 atom stereocenters.